The third-order valence-corrected chi connectivity index (χ3v) is 7.37. The van der Waals surface area contributed by atoms with Crippen LogP contribution < -0.4 is 10.6 Å². The van der Waals surface area contributed by atoms with Gasteiger partial charge in [-0.25, -0.2) is 4.99 Å². The first kappa shape index (κ1) is 20.1. The predicted molar refractivity (Wildman–Crippen MR) is 125 cm³/mol. The first-order chi connectivity index (χ1) is 14.9. The van der Waals surface area contributed by atoms with E-state index in [0.717, 1.165) is 24.2 Å². The zero-order chi connectivity index (χ0) is 21.8. The van der Waals surface area contributed by atoms with Gasteiger partial charge in [0.25, 0.3) is 0 Å². The molecule has 2 fully saturated rings. The zero-order valence-electron chi connectivity index (χ0n) is 18.7. The van der Waals surface area contributed by atoms with Crippen molar-refractivity contribution in [2.75, 3.05) is 25.0 Å². The van der Waals surface area contributed by atoms with Crippen molar-refractivity contribution >= 4 is 17.6 Å². The summed E-state index contributed by atoms with van der Waals surface area (Å²) in [6.07, 6.45) is 3.75. The van der Waals surface area contributed by atoms with Crippen molar-refractivity contribution in [1.82, 2.24) is 4.90 Å². The van der Waals surface area contributed by atoms with Crippen molar-refractivity contribution in [2.24, 2.45) is 16.6 Å². The van der Waals surface area contributed by atoms with E-state index in [1.165, 1.54) is 35.4 Å². The first-order valence-corrected chi connectivity index (χ1v) is 11.4. The monoisotopic (exact) mass is 416 g/mol. The van der Waals surface area contributed by atoms with Gasteiger partial charge in [-0.1, -0.05) is 43.3 Å². The number of nitrogens with two attached hydrogens (primary N) is 1. The number of carbonyl (C=O) groups excluding carboxylic acids is 1. The molecule has 2 aromatic carbocycles. The summed E-state index contributed by atoms with van der Waals surface area (Å²) in [5, 5.41) is 0. The average molecular weight is 417 g/mol. The van der Waals surface area contributed by atoms with Crippen LogP contribution in [0.15, 0.2) is 53.5 Å². The molecule has 1 amide bonds. The second-order valence-electron chi connectivity index (χ2n) is 9.78. The SMILES string of the molecule is C[C@@H]1CCN(c2cccc([C@@]3(C)N=C(N)N(C)C(=O)[C@H]3c3ccc(C4CC4)cc3)c2)C1. The Morgan fingerprint density at radius 1 is 1.06 bits per heavy atom. The highest BCUT2D eigenvalue weighted by Crippen LogP contribution is 2.46. The van der Waals surface area contributed by atoms with Gasteiger partial charge in [-0.3, -0.25) is 9.69 Å². The fraction of sp³-hybridized carbons (Fsp3) is 0.462. The Morgan fingerprint density at radius 2 is 1.77 bits per heavy atom. The summed E-state index contributed by atoms with van der Waals surface area (Å²) in [6.45, 7) is 6.49. The van der Waals surface area contributed by atoms with E-state index in [4.69, 9.17) is 10.7 Å². The van der Waals surface area contributed by atoms with Crippen LogP contribution in [0, 0.1) is 5.92 Å². The van der Waals surface area contributed by atoms with Gasteiger partial charge in [-0.2, -0.15) is 0 Å². The fourth-order valence-corrected chi connectivity index (χ4v) is 5.19. The maximum Gasteiger partial charge on any atom is 0.239 e. The standard InChI is InChI=1S/C26H32N4O/c1-17-13-14-30(16-17)22-6-4-5-21(15-22)26(2)23(24(31)29(3)25(27)28-26)20-11-9-19(10-12-20)18-7-8-18/h4-6,9-12,15,17-18,23H,7-8,13-14,16H2,1-3H3,(H2,27,28)/t17-,23-,26-/m1/s1. The minimum Gasteiger partial charge on any atom is -0.371 e. The molecule has 0 radical (unpaired) electrons. The van der Waals surface area contributed by atoms with Crippen LogP contribution in [-0.2, 0) is 10.3 Å². The van der Waals surface area contributed by atoms with Crippen molar-refractivity contribution in [3.8, 4) is 0 Å². The lowest BCUT2D eigenvalue weighted by Crippen LogP contribution is -2.52. The van der Waals surface area contributed by atoms with E-state index in [9.17, 15) is 4.79 Å². The van der Waals surface area contributed by atoms with Gasteiger partial charge in [0.2, 0.25) is 5.91 Å². The second kappa shape index (κ2) is 7.40. The van der Waals surface area contributed by atoms with Crippen LogP contribution in [0.25, 0.3) is 0 Å². The Balaban J connectivity index is 1.57. The second-order valence-corrected chi connectivity index (χ2v) is 9.78. The van der Waals surface area contributed by atoms with E-state index in [1.54, 1.807) is 7.05 Å². The van der Waals surface area contributed by atoms with Crippen molar-refractivity contribution in [3.63, 3.8) is 0 Å². The molecule has 0 aromatic heterocycles. The highest BCUT2D eigenvalue weighted by Gasteiger charge is 2.47. The molecule has 31 heavy (non-hydrogen) atoms. The molecule has 1 saturated carbocycles. The third-order valence-electron chi connectivity index (χ3n) is 7.37. The fourth-order valence-electron chi connectivity index (χ4n) is 5.19. The number of nitrogens with zero attached hydrogens (tertiary/aromatic N) is 3. The summed E-state index contributed by atoms with van der Waals surface area (Å²) in [7, 11) is 1.72. The summed E-state index contributed by atoms with van der Waals surface area (Å²) < 4.78 is 0. The third kappa shape index (κ3) is 3.50. The van der Waals surface area contributed by atoms with Gasteiger partial charge in [0.15, 0.2) is 5.96 Å². The molecule has 2 N–H and O–H groups in total. The van der Waals surface area contributed by atoms with E-state index < -0.39 is 11.5 Å². The Hall–Kier alpha value is -2.82. The molecule has 0 bridgehead atoms. The van der Waals surface area contributed by atoms with Gasteiger partial charge in [0.1, 0.15) is 5.54 Å². The number of amides is 1. The Morgan fingerprint density at radius 3 is 2.42 bits per heavy atom. The number of hydrogen-bond donors (Lipinski definition) is 1. The minimum atomic E-state index is -0.754. The normalized spacial score (nSPS) is 28.7. The van der Waals surface area contributed by atoms with Gasteiger partial charge >= 0.3 is 0 Å². The average Bonchev–Trinajstić information content (AvgIpc) is 3.53. The van der Waals surface area contributed by atoms with Crippen molar-refractivity contribution in [2.45, 2.75) is 50.5 Å². The molecular weight excluding hydrogens is 384 g/mol. The largest absolute Gasteiger partial charge is 0.371 e. The lowest BCUT2D eigenvalue weighted by atomic mass is 9.74. The van der Waals surface area contributed by atoms with Gasteiger partial charge in [-0.15, -0.1) is 0 Å². The smallest absolute Gasteiger partial charge is 0.239 e. The van der Waals surface area contributed by atoms with E-state index in [0.29, 0.717) is 11.8 Å². The quantitative estimate of drug-likeness (QED) is 0.813. The summed E-state index contributed by atoms with van der Waals surface area (Å²) in [4.78, 5) is 22.3. The molecule has 3 atom stereocenters. The van der Waals surface area contributed by atoms with E-state index >= 15 is 0 Å². The number of likely N-dealkylation sites (N-methyl/N-ethyl adjacent to an activating group) is 1. The lowest BCUT2D eigenvalue weighted by molar-refractivity contribution is -0.130. The maximum atomic E-state index is 13.5. The molecule has 2 aromatic rings. The number of carbonyl (C=O) groups is 1. The number of benzene rings is 2. The van der Waals surface area contributed by atoms with Crippen LogP contribution in [0.1, 0.15) is 61.6 Å². The number of anilines is 1. The molecule has 162 valence electrons. The molecule has 2 heterocycles. The number of aliphatic imine (C=N–C) groups is 1. The van der Waals surface area contributed by atoms with Crippen LogP contribution in [0.3, 0.4) is 0 Å². The molecule has 2 aliphatic heterocycles. The molecular formula is C26H32N4O. The first-order valence-electron chi connectivity index (χ1n) is 11.4. The van der Waals surface area contributed by atoms with Gasteiger partial charge in [0, 0.05) is 25.8 Å². The number of rotatable bonds is 4. The lowest BCUT2D eigenvalue weighted by Gasteiger charge is -2.41. The molecule has 1 saturated heterocycles. The van der Waals surface area contributed by atoms with Crippen molar-refractivity contribution < 1.29 is 4.79 Å². The van der Waals surface area contributed by atoms with Crippen LogP contribution >= 0.6 is 0 Å². The van der Waals surface area contributed by atoms with E-state index in [-0.39, 0.29) is 11.9 Å². The molecule has 5 heteroatoms. The van der Waals surface area contributed by atoms with Crippen LogP contribution in [-0.4, -0.2) is 36.9 Å². The highest BCUT2D eigenvalue weighted by molar-refractivity contribution is 6.02. The van der Waals surface area contributed by atoms with E-state index in [1.807, 2.05) is 0 Å². The molecule has 0 spiro atoms. The van der Waals surface area contributed by atoms with Crippen molar-refractivity contribution in [1.29, 1.82) is 0 Å². The summed E-state index contributed by atoms with van der Waals surface area (Å²) in [5.41, 5.74) is 10.1. The van der Waals surface area contributed by atoms with Crippen LogP contribution in [0.4, 0.5) is 5.69 Å². The zero-order valence-corrected chi connectivity index (χ0v) is 18.7. The maximum absolute atomic E-state index is 13.5. The summed E-state index contributed by atoms with van der Waals surface area (Å²) in [6, 6.07) is 17.1. The predicted octanol–water partition coefficient (Wildman–Crippen LogP) is 4.20. The Labute approximate surface area is 184 Å². The number of hydrogen-bond acceptors (Lipinski definition) is 4. The Bertz CT molecular complexity index is 1030. The van der Waals surface area contributed by atoms with Gasteiger partial charge in [-0.05, 0) is 66.8 Å². The van der Waals surface area contributed by atoms with Crippen LogP contribution in [0.2, 0.25) is 0 Å². The molecule has 5 nitrogen and oxygen atoms in total. The highest BCUT2D eigenvalue weighted by atomic mass is 16.2. The molecule has 3 aliphatic rings. The summed E-state index contributed by atoms with van der Waals surface area (Å²) >= 11 is 0. The Kier molecular flexibility index (Phi) is 4.80. The molecule has 5 rings (SSSR count). The molecule has 0 unspecified atom stereocenters. The van der Waals surface area contributed by atoms with E-state index in [2.05, 4.69) is 67.3 Å². The summed E-state index contributed by atoms with van der Waals surface area (Å²) in [5.74, 6) is 1.26. The van der Waals surface area contributed by atoms with Crippen LogP contribution in [0.5, 0.6) is 0 Å². The molecule has 1 aliphatic carbocycles. The minimum absolute atomic E-state index is 0.00521. The number of guanidine groups is 1. The topological polar surface area (TPSA) is 61.9 Å². The van der Waals surface area contributed by atoms with Gasteiger partial charge < -0.3 is 10.6 Å². The van der Waals surface area contributed by atoms with Gasteiger partial charge in [0.05, 0.1) is 5.92 Å². The van der Waals surface area contributed by atoms with Crippen molar-refractivity contribution in [3.05, 3.63) is 65.2 Å².